The highest BCUT2D eigenvalue weighted by molar-refractivity contribution is 5.82. The average molecular weight is 180 g/mol. The summed E-state index contributed by atoms with van der Waals surface area (Å²) in [6.45, 7) is 6.12. The van der Waals surface area contributed by atoms with Crippen molar-refractivity contribution < 1.29 is 9.53 Å². The highest BCUT2D eigenvalue weighted by Crippen LogP contribution is 2.56. The van der Waals surface area contributed by atoms with Crippen LogP contribution in [0.3, 0.4) is 0 Å². The van der Waals surface area contributed by atoms with E-state index in [-0.39, 0.29) is 16.8 Å². The summed E-state index contributed by atoms with van der Waals surface area (Å²) in [6, 6.07) is 0. The Morgan fingerprint density at radius 1 is 1.38 bits per heavy atom. The van der Waals surface area contributed by atoms with Crippen LogP contribution in [0.5, 0.6) is 0 Å². The molecule has 72 valence electrons. The minimum Gasteiger partial charge on any atom is -0.430 e. The van der Waals surface area contributed by atoms with Crippen molar-refractivity contribution in [2.45, 2.75) is 40.0 Å². The van der Waals surface area contributed by atoms with Gasteiger partial charge in [-0.15, -0.1) is 0 Å². The van der Waals surface area contributed by atoms with Crippen LogP contribution in [-0.2, 0) is 9.53 Å². The summed E-state index contributed by atoms with van der Waals surface area (Å²) in [6.07, 6.45) is 5.36. The minimum atomic E-state index is -0.348. The molecule has 0 aromatic carbocycles. The van der Waals surface area contributed by atoms with Gasteiger partial charge >= 0.3 is 5.97 Å². The predicted octanol–water partition coefficient (Wildman–Crippen LogP) is 2.64. The molecule has 0 N–H and O–H groups in total. The number of carbonyl (C=O) groups excluding carboxylic acids is 1. The third-order valence-electron chi connectivity index (χ3n) is 3.85. The van der Waals surface area contributed by atoms with Crippen LogP contribution in [0.25, 0.3) is 0 Å². The Kier molecular flexibility index (Phi) is 1.60. The van der Waals surface area contributed by atoms with E-state index in [1.165, 1.54) is 6.42 Å². The number of hydrogen-bond acceptors (Lipinski definition) is 2. The monoisotopic (exact) mass is 180 g/mol. The van der Waals surface area contributed by atoms with Crippen LogP contribution in [0.1, 0.15) is 40.0 Å². The first-order chi connectivity index (χ1) is 5.98. The number of hydrogen-bond donors (Lipinski definition) is 0. The zero-order chi connectivity index (χ0) is 9.69. The Balaban J connectivity index is 2.49. The van der Waals surface area contributed by atoms with Crippen molar-refractivity contribution in [1.82, 2.24) is 0 Å². The molecule has 0 aromatic heterocycles. The number of carbonyl (C=O) groups is 1. The number of esters is 1. The van der Waals surface area contributed by atoms with E-state index in [0.717, 1.165) is 18.6 Å². The van der Waals surface area contributed by atoms with Crippen LogP contribution < -0.4 is 0 Å². The number of fused-ring (bicyclic) bond motifs is 1. The summed E-state index contributed by atoms with van der Waals surface area (Å²) in [4.78, 5) is 11.6. The SMILES string of the molecule is CC1(C)C(=O)OC2=CCCCC21C. The van der Waals surface area contributed by atoms with Crippen LogP contribution in [-0.4, -0.2) is 5.97 Å². The molecule has 1 heterocycles. The van der Waals surface area contributed by atoms with Crippen molar-refractivity contribution in [2.75, 3.05) is 0 Å². The van der Waals surface area contributed by atoms with Crippen LogP contribution >= 0.6 is 0 Å². The van der Waals surface area contributed by atoms with Crippen molar-refractivity contribution in [3.63, 3.8) is 0 Å². The van der Waals surface area contributed by atoms with Gasteiger partial charge in [-0.25, -0.2) is 0 Å². The molecule has 0 aromatic rings. The molecule has 2 rings (SSSR count). The van der Waals surface area contributed by atoms with Crippen LogP contribution in [0, 0.1) is 10.8 Å². The third-order valence-corrected chi connectivity index (χ3v) is 3.85. The van der Waals surface area contributed by atoms with Gasteiger partial charge in [0, 0.05) is 5.41 Å². The lowest BCUT2D eigenvalue weighted by Gasteiger charge is -2.35. The summed E-state index contributed by atoms with van der Waals surface area (Å²) in [5, 5.41) is 0. The molecule has 1 saturated heterocycles. The van der Waals surface area contributed by atoms with Gasteiger partial charge in [0.25, 0.3) is 0 Å². The highest BCUT2D eigenvalue weighted by atomic mass is 16.5. The molecule has 1 atom stereocenters. The topological polar surface area (TPSA) is 26.3 Å². The molecule has 0 bridgehead atoms. The standard InChI is InChI=1S/C11H16O2/c1-10(2)9(12)13-8-6-4-5-7-11(8,10)3/h6H,4-5,7H2,1-3H3. The predicted molar refractivity (Wildman–Crippen MR) is 49.9 cm³/mol. The van der Waals surface area contributed by atoms with E-state index in [1.807, 2.05) is 13.8 Å². The van der Waals surface area contributed by atoms with Crippen LogP contribution in [0.2, 0.25) is 0 Å². The average Bonchev–Trinajstić information content (AvgIpc) is 2.24. The third kappa shape index (κ3) is 0.917. The van der Waals surface area contributed by atoms with Gasteiger partial charge in [0.15, 0.2) is 0 Å². The Morgan fingerprint density at radius 2 is 2.08 bits per heavy atom. The van der Waals surface area contributed by atoms with Gasteiger partial charge in [0.2, 0.25) is 0 Å². The second-order valence-corrected chi connectivity index (χ2v) is 4.81. The van der Waals surface area contributed by atoms with E-state index in [0.29, 0.717) is 0 Å². The molecular formula is C11H16O2. The smallest absolute Gasteiger partial charge is 0.317 e. The largest absolute Gasteiger partial charge is 0.430 e. The number of ether oxygens (including phenoxy) is 1. The Hall–Kier alpha value is -0.790. The maximum Gasteiger partial charge on any atom is 0.317 e. The van der Waals surface area contributed by atoms with Crippen molar-refractivity contribution in [2.24, 2.45) is 10.8 Å². The fourth-order valence-electron chi connectivity index (χ4n) is 2.26. The molecule has 1 aliphatic heterocycles. The lowest BCUT2D eigenvalue weighted by atomic mass is 9.63. The zero-order valence-electron chi connectivity index (χ0n) is 8.52. The quantitative estimate of drug-likeness (QED) is 0.536. The molecule has 2 heteroatoms. The highest BCUT2D eigenvalue weighted by Gasteiger charge is 2.57. The van der Waals surface area contributed by atoms with Crippen molar-refractivity contribution in [3.05, 3.63) is 11.8 Å². The summed E-state index contributed by atoms with van der Waals surface area (Å²) < 4.78 is 5.31. The maximum atomic E-state index is 11.6. The fraction of sp³-hybridized carbons (Fsp3) is 0.727. The van der Waals surface area contributed by atoms with Gasteiger partial charge in [0.05, 0.1) is 5.41 Å². The molecule has 1 fully saturated rings. The van der Waals surface area contributed by atoms with Gasteiger partial charge in [-0.05, 0) is 39.2 Å². The molecule has 2 nitrogen and oxygen atoms in total. The molecule has 0 amide bonds. The first kappa shape index (κ1) is 8.79. The van der Waals surface area contributed by atoms with E-state index in [2.05, 4.69) is 13.0 Å². The molecule has 0 radical (unpaired) electrons. The van der Waals surface area contributed by atoms with Crippen molar-refractivity contribution >= 4 is 5.97 Å². The van der Waals surface area contributed by atoms with Gasteiger partial charge in [-0.3, -0.25) is 4.79 Å². The van der Waals surface area contributed by atoms with Gasteiger partial charge in [-0.2, -0.15) is 0 Å². The molecule has 13 heavy (non-hydrogen) atoms. The van der Waals surface area contributed by atoms with Crippen LogP contribution in [0.15, 0.2) is 11.8 Å². The van der Waals surface area contributed by atoms with E-state index in [4.69, 9.17) is 4.74 Å². The fourth-order valence-corrected chi connectivity index (χ4v) is 2.26. The van der Waals surface area contributed by atoms with Crippen molar-refractivity contribution in [1.29, 1.82) is 0 Å². The molecule has 2 aliphatic rings. The summed E-state index contributed by atoms with van der Waals surface area (Å²) in [7, 11) is 0. The normalized spacial score (nSPS) is 36.5. The summed E-state index contributed by atoms with van der Waals surface area (Å²) in [5.74, 6) is 0.844. The summed E-state index contributed by atoms with van der Waals surface area (Å²) in [5.41, 5.74) is -0.401. The van der Waals surface area contributed by atoms with E-state index in [9.17, 15) is 4.79 Å². The Bertz CT molecular complexity index is 288. The van der Waals surface area contributed by atoms with Gasteiger partial charge in [0.1, 0.15) is 5.76 Å². The molecule has 0 saturated carbocycles. The maximum absolute atomic E-state index is 11.6. The summed E-state index contributed by atoms with van der Waals surface area (Å²) >= 11 is 0. The molecular weight excluding hydrogens is 164 g/mol. The minimum absolute atomic E-state index is 0.0532. The second-order valence-electron chi connectivity index (χ2n) is 4.81. The molecule has 0 spiro atoms. The second kappa shape index (κ2) is 2.37. The first-order valence-corrected chi connectivity index (χ1v) is 4.91. The number of allylic oxidation sites excluding steroid dienone is 2. The van der Waals surface area contributed by atoms with E-state index in [1.54, 1.807) is 0 Å². The lowest BCUT2D eigenvalue weighted by molar-refractivity contribution is -0.144. The Labute approximate surface area is 79.0 Å². The van der Waals surface area contributed by atoms with E-state index < -0.39 is 0 Å². The van der Waals surface area contributed by atoms with Crippen molar-refractivity contribution in [3.8, 4) is 0 Å². The van der Waals surface area contributed by atoms with E-state index >= 15 is 0 Å². The molecule has 1 aliphatic carbocycles. The molecule has 1 unspecified atom stereocenters. The Morgan fingerprint density at radius 3 is 2.69 bits per heavy atom. The van der Waals surface area contributed by atoms with Gasteiger partial charge < -0.3 is 4.74 Å². The van der Waals surface area contributed by atoms with Crippen LogP contribution in [0.4, 0.5) is 0 Å². The van der Waals surface area contributed by atoms with Gasteiger partial charge in [-0.1, -0.05) is 6.92 Å². The number of rotatable bonds is 0. The lowest BCUT2D eigenvalue weighted by Crippen LogP contribution is -2.36. The first-order valence-electron chi connectivity index (χ1n) is 4.91. The zero-order valence-corrected chi connectivity index (χ0v) is 8.52.